The molecule has 1 atom stereocenters. The van der Waals surface area contributed by atoms with E-state index in [0.717, 1.165) is 35.3 Å². The van der Waals surface area contributed by atoms with Gasteiger partial charge < -0.3 is 15.8 Å². The van der Waals surface area contributed by atoms with Gasteiger partial charge in [0.1, 0.15) is 5.00 Å². The molecule has 3 N–H and O–H groups in total. The van der Waals surface area contributed by atoms with Gasteiger partial charge in [0.2, 0.25) is 0 Å². The molecule has 0 bridgehead atoms. The summed E-state index contributed by atoms with van der Waals surface area (Å²) in [6.45, 7) is 1.73. The first-order chi connectivity index (χ1) is 13.3. The van der Waals surface area contributed by atoms with Gasteiger partial charge in [-0.25, -0.2) is 0 Å². The van der Waals surface area contributed by atoms with Crippen molar-refractivity contribution in [3.63, 3.8) is 0 Å². The standard InChI is InChI=1S/C20H21ClN2O4S/c1-11-2-7-14-15(8-11)28-20(18(14)19(22)26)23-16(24)10-27-17(25)9-12-3-5-13(21)6-4-12/h3-6,11H,2,7-10H2,1H3,(H2,22,26)(H,23,24)/t11-/m1/s1. The summed E-state index contributed by atoms with van der Waals surface area (Å²) in [5, 5.41) is 3.69. The number of hydrogen-bond donors (Lipinski definition) is 2. The Kier molecular flexibility index (Phi) is 6.36. The Morgan fingerprint density at radius 3 is 2.68 bits per heavy atom. The maximum absolute atomic E-state index is 12.2. The van der Waals surface area contributed by atoms with E-state index in [1.165, 1.54) is 11.3 Å². The average molecular weight is 421 g/mol. The molecule has 0 unspecified atom stereocenters. The van der Waals surface area contributed by atoms with E-state index in [0.29, 0.717) is 21.5 Å². The van der Waals surface area contributed by atoms with Crippen molar-refractivity contribution >= 4 is 45.7 Å². The predicted octanol–water partition coefficient (Wildman–Crippen LogP) is 3.35. The number of nitrogens with two attached hydrogens (primary N) is 1. The first-order valence-corrected chi connectivity index (χ1v) is 10.2. The van der Waals surface area contributed by atoms with Gasteiger partial charge in [-0.3, -0.25) is 14.4 Å². The molecule has 8 heteroatoms. The fourth-order valence-electron chi connectivity index (χ4n) is 3.23. The van der Waals surface area contributed by atoms with Gasteiger partial charge in [-0.1, -0.05) is 30.7 Å². The lowest BCUT2D eigenvalue weighted by Crippen LogP contribution is -2.23. The van der Waals surface area contributed by atoms with Crippen molar-refractivity contribution in [2.45, 2.75) is 32.6 Å². The van der Waals surface area contributed by atoms with Gasteiger partial charge in [0.15, 0.2) is 6.61 Å². The minimum Gasteiger partial charge on any atom is -0.455 e. The first kappa shape index (κ1) is 20.4. The molecule has 0 aliphatic heterocycles. The second kappa shape index (κ2) is 8.75. The molecule has 0 saturated heterocycles. The summed E-state index contributed by atoms with van der Waals surface area (Å²) < 4.78 is 5.03. The van der Waals surface area contributed by atoms with Gasteiger partial charge in [-0.05, 0) is 48.4 Å². The summed E-state index contributed by atoms with van der Waals surface area (Å²) in [4.78, 5) is 37.1. The maximum atomic E-state index is 12.2. The summed E-state index contributed by atoms with van der Waals surface area (Å²) in [5.74, 6) is -1.04. The van der Waals surface area contributed by atoms with Crippen LogP contribution in [0.15, 0.2) is 24.3 Å². The largest absolute Gasteiger partial charge is 0.455 e. The van der Waals surface area contributed by atoms with E-state index in [1.54, 1.807) is 24.3 Å². The van der Waals surface area contributed by atoms with E-state index in [-0.39, 0.29) is 6.42 Å². The van der Waals surface area contributed by atoms with Crippen molar-refractivity contribution in [1.82, 2.24) is 0 Å². The topological polar surface area (TPSA) is 98.5 Å². The Morgan fingerprint density at radius 2 is 2.00 bits per heavy atom. The minimum absolute atomic E-state index is 0.0438. The fourth-order valence-corrected chi connectivity index (χ4v) is 4.79. The molecular formula is C20H21ClN2O4S. The molecule has 0 radical (unpaired) electrons. The number of anilines is 1. The Morgan fingerprint density at radius 1 is 1.29 bits per heavy atom. The summed E-state index contributed by atoms with van der Waals surface area (Å²) in [6, 6.07) is 6.81. The third kappa shape index (κ3) is 4.91. The number of fused-ring (bicyclic) bond motifs is 1. The number of ether oxygens (including phenoxy) is 1. The van der Waals surface area contributed by atoms with Crippen LogP contribution in [0.2, 0.25) is 5.02 Å². The molecule has 3 rings (SSSR count). The van der Waals surface area contributed by atoms with Gasteiger partial charge in [0, 0.05) is 9.90 Å². The molecule has 1 aromatic heterocycles. The minimum atomic E-state index is -0.554. The van der Waals surface area contributed by atoms with Crippen LogP contribution in [0, 0.1) is 5.92 Å². The highest BCUT2D eigenvalue weighted by Crippen LogP contribution is 2.39. The lowest BCUT2D eigenvalue weighted by Gasteiger charge is -2.18. The van der Waals surface area contributed by atoms with Crippen molar-refractivity contribution < 1.29 is 19.1 Å². The van der Waals surface area contributed by atoms with Crippen LogP contribution in [0.3, 0.4) is 0 Å². The first-order valence-electron chi connectivity index (χ1n) is 8.97. The van der Waals surface area contributed by atoms with Gasteiger partial charge >= 0.3 is 5.97 Å². The zero-order chi connectivity index (χ0) is 20.3. The number of thiophene rings is 1. The Bertz CT molecular complexity index is 908. The number of carbonyl (C=O) groups excluding carboxylic acids is 3. The van der Waals surface area contributed by atoms with Crippen molar-refractivity contribution in [3.05, 3.63) is 50.9 Å². The number of benzene rings is 1. The normalized spacial score (nSPS) is 15.6. The van der Waals surface area contributed by atoms with E-state index in [2.05, 4.69) is 12.2 Å². The van der Waals surface area contributed by atoms with Crippen LogP contribution in [0.25, 0.3) is 0 Å². The molecule has 148 valence electrons. The Hall–Kier alpha value is -2.38. The highest BCUT2D eigenvalue weighted by Gasteiger charge is 2.27. The van der Waals surface area contributed by atoms with Gasteiger partial charge in [-0.15, -0.1) is 11.3 Å². The molecule has 1 aromatic carbocycles. The zero-order valence-corrected chi connectivity index (χ0v) is 17.0. The van der Waals surface area contributed by atoms with Crippen LogP contribution in [0.5, 0.6) is 0 Å². The molecule has 6 nitrogen and oxygen atoms in total. The molecule has 2 amide bonds. The number of esters is 1. The third-order valence-corrected chi connectivity index (χ3v) is 6.06. The molecule has 1 heterocycles. The van der Waals surface area contributed by atoms with Gasteiger partial charge in [-0.2, -0.15) is 0 Å². The molecular weight excluding hydrogens is 400 g/mol. The summed E-state index contributed by atoms with van der Waals surface area (Å²) in [7, 11) is 0. The summed E-state index contributed by atoms with van der Waals surface area (Å²) >= 11 is 7.18. The zero-order valence-electron chi connectivity index (χ0n) is 15.4. The monoisotopic (exact) mass is 420 g/mol. The van der Waals surface area contributed by atoms with Crippen LogP contribution in [0.4, 0.5) is 5.00 Å². The summed E-state index contributed by atoms with van der Waals surface area (Å²) in [5.41, 5.74) is 7.59. The smallest absolute Gasteiger partial charge is 0.310 e. The van der Waals surface area contributed by atoms with Crippen molar-refractivity contribution in [2.75, 3.05) is 11.9 Å². The summed E-state index contributed by atoms with van der Waals surface area (Å²) in [6.07, 6.45) is 2.67. The Balaban J connectivity index is 1.59. The molecule has 2 aromatic rings. The number of rotatable bonds is 6. The van der Waals surface area contributed by atoms with E-state index in [9.17, 15) is 14.4 Å². The van der Waals surface area contributed by atoms with Gasteiger partial charge in [0.25, 0.3) is 11.8 Å². The molecule has 0 fully saturated rings. The van der Waals surface area contributed by atoms with Crippen molar-refractivity contribution in [2.24, 2.45) is 11.7 Å². The molecule has 1 aliphatic carbocycles. The highest BCUT2D eigenvalue weighted by atomic mass is 35.5. The number of carbonyl (C=O) groups is 3. The third-order valence-electron chi connectivity index (χ3n) is 4.64. The molecule has 0 saturated carbocycles. The van der Waals surface area contributed by atoms with Crippen LogP contribution in [-0.4, -0.2) is 24.4 Å². The van der Waals surface area contributed by atoms with E-state index in [4.69, 9.17) is 22.1 Å². The van der Waals surface area contributed by atoms with Crippen molar-refractivity contribution in [3.8, 4) is 0 Å². The maximum Gasteiger partial charge on any atom is 0.310 e. The van der Waals surface area contributed by atoms with E-state index < -0.39 is 24.4 Å². The average Bonchev–Trinajstić information content (AvgIpc) is 2.99. The van der Waals surface area contributed by atoms with Crippen LogP contribution in [-0.2, 0) is 33.6 Å². The highest BCUT2D eigenvalue weighted by molar-refractivity contribution is 7.17. The van der Waals surface area contributed by atoms with Gasteiger partial charge in [0.05, 0.1) is 12.0 Å². The lowest BCUT2D eigenvalue weighted by atomic mass is 9.88. The van der Waals surface area contributed by atoms with Crippen molar-refractivity contribution in [1.29, 1.82) is 0 Å². The van der Waals surface area contributed by atoms with Crippen LogP contribution < -0.4 is 11.1 Å². The van der Waals surface area contributed by atoms with E-state index in [1.807, 2.05) is 0 Å². The number of primary amides is 1. The van der Waals surface area contributed by atoms with E-state index >= 15 is 0 Å². The number of amides is 2. The number of hydrogen-bond acceptors (Lipinski definition) is 5. The number of nitrogens with one attached hydrogen (secondary N) is 1. The second-order valence-corrected chi connectivity index (χ2v) is 8.47. The number of halogens is 1. The molecule has 1 aliphatic rings. The second-order valence-electron chi connectivity index (χ2n) is 6.93. The quantitative estimate of drug-likeness (QED) is 0.700. The Labute approximate surface area is 172 Å². The fraction of sp³-hybridized carbons (Fsp3) is 0.350. The van der Waals surface area contributed by atoms with Crippen LogP contribution >= 0.6 is 22.9 Å². The molecule has 0 spiro atoms. The SMILES string of the molecule is C[C@@H]1CCc2c(sc(NC(=O)COC(=O)Cc3ccc(Cl)cc3)c2C(N)=O)C1. The lowest BCUT2D eigenvalue weighted by molar-refractivity contribution is -0.146. The predicted molar refractivity (Wildman–Crippen MR) is 109 cm³/mol. The van der Waals surface area contributed by atoms with Crippen LogP contribution in [0.1, 0.15) is 39.7 Å². The molecule has 28 heavy (non-hydrogen) atoms.